The topological polar surface area (TPSA) is 124 Å². The fraction of sp³-hybridized carbons (Fsp3) is 0.200. The molecule has 0 spiro atoms. The second kappa shape index (κ2) is 9.16. The highest BCUT2D eigenvalue weighted by Gasteiger charge is 2.38. The number of carboxylic acids is 1. The first-order valence-electron chi connectivity index (χ1n) is 10.4. The van der Waals surface area contributed by atoms with Crippen LogP contribution in [-0.4, -0.2) is 37.5 Å². The SMILES string of the molecule is N#Cc1cccc([C@@H]2CN(Cc3ccc(-c4ccccc4S(N)(=O)=O)cc3)C[C@H]2C(=O)O)c1. The van der Waals surface area contributed by atoms with Gasteiger partial charge in [0.15, 0.2) is 0 Å². The van der Waals surface area contributed by atoms with Crippen molar-refractivity contribution in [2.24, 2.45) is 11.1 Å². The minimum Gasteiger partial charge on any atom is -0.481 e. The van der Waals surface area contributed by atoms with Crippen molar-refractivity contribution in [3.63, 3.8) is 0 Å². The summed E-state index contributed by atoms with van der Waals surface area (Å²) in [4.78, 5) is 14.1. The lowest BCUT2D eigenvalue weighted by Gasteiger charge is -2.17. The van der Waals surface area contributed by atoms with Crippen LogP contribution in [0.1, 0.15) is 22.6 Å². The Hall–Kier alpha value is -3.51. The van der Waals surface area contributed by atoms with Gasteiger partial charge in [0.05, 0.1) is 22.4 Å². The molecule has 1 heterocycles. The van der Waals surface area contributed by atoms with Crippen molar-refractivity contribution in [1.82, 2.24) is 4.90 Å². The molecule has 0 saturated carbocycles. The number of nitrogens with zero attached hydrogens (tertiary/aromatic N) is 2. The quantitative estimate of drug-likeness (QED) is 0.581. The predicted molar refractivity (Wildman–Crippen MR) is 124 cm³/mol. The van der Waals surface area contributed by atoms with E-state index >= 15 is 0 Å². The average molecular weight is 462 g/mol. The maximum absolute atomic E-state index is 11.9. The minimum atomic E-state index is -3.85. The monoisotopic (exact) mass is 461 g/mol. The fourth-order valence-electron chi connectivity index (χ4n) is 4.44. The van der Waals surface area contributed by atoms with Crippen molar-refractivity contribution in [2.75, 3.05) is 13.1 Å². The Bertz CT molecular complexity index is 1330. The predicted octanol–water partition coefficient (Wildman–Crippen LogP) is 3.17. The molecule has 1 aliphatic heterocycles. The van der Waals surface area contributed by atoms with E-state index in [1.165, 1.54) is 6.07 Å². The van der Waals surface area contributed by atoms with Crippen LogP contribution in [0.5, 0.6) is 0 Å². The first-order valence-corrected chi connectivity index (χ1v) is 12.0. The lowest BCUT2D eigenvalue weighted by molar-refractivity contribution is -0.141. The van der Waals surface area contributed by atoms with Crippen LogP contribution in [0, 0.1) is 17.2 Å². The molecule has 1 fully saturated rings. The van der Waals surface area contributed by atoms with Gasteiger partial charge >= 0.3 is 5.97 Å². The fourth-order valence-corrected chi connectivity index (χ4v) is 5.20. The van der Waals surface area contributed by atoms with E-state index in [9.17, 15) is 23.6 Å². The summed E-state index contributed by atoms with van der Waals surface area (Å²) in [5, 5.41) is 24.3. The van der Waals surface area contributed by atoms with E-state index in [2.05, 4.69) is 11.0 Å². The van der Waals surface area contributed by atoms with E-state index in [0.717, 1.165) is 16.7 Å². The van der Waals surface area contributed by atoms with Crippen molar-refractivity contribution in [2.45, 2.75) is 17.4 Å². The number of aliphatic carboxylic acids is 1. The van der Waals surface area contributed by atoms with Crippen LogP contribution < -0.4 is 5.14 Å². The minimum absolute atomic E-state index is 0.0732. The maximum Gasteiger partial charge on any atom is 0.308 e. The number of benzene rings is 3. The average Bonchev–Trinajstić information content (AvgIpc) is 3.23. The van der Waals surface area contributed by atoms with Crippen LogP contribution >= 0.6 is 0 Å². The number of sulfonamides is 1. The molecule has 2 atom stereocenters. The van der Waals surface area contributed by atoms with Gasteiger partial charge in [-0.3, -0.25) is 9.69 Å². The van der Waals surface area contributed by atoms with Gasteiger partial charge in [0.25, 0.3) is 0 Å². The van der Waals surface area contributed by atoms with E-state index in [4.69, 9.17) is 5.14 Å². The Balaban J connectivity index is 1.53. The molecule has 33 heavy (non-hydrogen) atoms. The zero-order chi connectivity index (χ0) is 23.6. The summed E-state index contributed by atoms with van der Waals surface area (Å²) in [7, 11) is -3.85. The molecule has 3 aromatic carbocycles. The van der Waals surface area contributed by atoms with Gasteiger partial charge in [0, 0.05) is 31.1 Å². The molecular weight excluding hydrogens is 438 g/mol. The van der Waals surface area contributed by atoms with Gasteiger partial charge in [-0.05, 0) is 34.9 Å². The lowest BCUT2D eigenvalue weighted by atomic mass is 9.88. The smallest absolute Gasteiger partial charge is 0.308 e. The first kappa shape index (κ1) is 22.7. The molecule has 168 valence electrons. The van der Waals surface area contributed by atoms with Crippen LogP contribution in [0.4, 0.5) is 0 Å². The van der Waals surface area contributed by atoms with Crippen LogP contribution in [0.2, 0.25) is 0 Å². The number of nitriles is 1. The number of primary sulfonamides is 1. The molecule has 4 rings (SSSR count). The summed E-state index contributed by atoms with van der Waals surface area (Å²) in [5.41, 5.74) is 3.64. The summed E-state index contributed by atoms with van der Waals surface area (Å²) in [6.07, 6.45) is 0. The number of hydrogen-bond donors (Lipinski definition) is 2. The van der Waals surface area contributed by atoms with E-state index < -0.39 is 21.9 Å². The molecule has 0 radical (unpaired) electrons. The third-order valence-electron chi connectivity index (χ3n) is 6.02. The highest BCUT2D eigenvalue weighted by Crippen LogP contribution is 2.34. The van der Waals surface area contributed by atoms with Gasteiger partial charge in [0.1, 0.15) is 0 Å². The number of nitrogens with two attached hydrogens (primary N) is 1. The Morgan fingerprint density at radius 2 is 1.79 bits per heavy atom. The highest BCUT2D eigenvalue weighted by atomic mass is 32.2. The summed E-state index contributed by atoms with van der Waals surface area (Å²) >= 11 is 0. The molecule has 0 bridgehead atoms. The van der Waals surface area contributed by atoms with Crippen molar-refractivity contribution in [1.29, 1.82) is 5.26 Å². The van der Waals surface area contributed by atoms with Crippen LogP contribution in [-0.2, 0) is 21.4 Å². The van der Waals surface area contributed by atoms with Crippen LogP contribution in [0.3, 0.4) is 0 Å². The third-order valence-corrected chi connectivity index (χ3v) is 6.99. The zero-order valence-corrected chi connectivity index (χ0v) is 18.6. The Labute approximate surface area is 192 Å². The number of rotatable bonds is 6. The molecule has 1 saturated heterocycles. The number of hydrogen-bond acceptors (Lipinski definition) is 5. The van der Waals surface area contributed by atoms with Gasteiger partial charge in [-0.2, -0.15) is 5.26 Å². The summed E-state index contributed by atoms with van der Waals surface area (Å²) in [6.45, 7) is 1.55. The molecule has 1 aliphatic rings. The number of carboxylic acid groups (broad SMARTS) is 1. The van der Waals surface area contributed by atoms with Gasteiger partial charge in [0.2, 0.25) is 10.0 Å². The van der Waals surface area contributed by atoms with E-state index in [-0.39, 0.29) is 10.8 Å². The Kier molecular flexibility index (Phi) is 6.29. The van der Waals surface area contributed by atoms with Gasteiger partial charge in [-0.25, -0.2) is 13.6 Å². The van der Waals surface area contributed by atoms with Gasteiger partial charge in [-0.15, -0.1) is 0 Å². The van der Waals surface area contributed by atoms with Crippen molar-refractivity contribution in [3.8, 4) is 17.2 Å². The second-order valence-electron chi connectivity index (χ2n) is 8.22. The van der Waals surface area contributed by atoms with Gasteiger partial charge < -0.3 is 5.11 Å². The standard InChI is InChI=1S/C25H23N3O4S/c26-13-18-4-3-5-20(12-18)22-15-28(16-23(22)25(29)30)14-17-8-10-19(11-9-17)21-6-1-2-7-24(21)33(27,31)32/h1-12,22-23H,14-16H2,(H,29,30)(H2,27,31,32)/t22-,23+/m0/s1. The second-order valence-corrected chi connectivity index (χ2v) is 9.75. The van der Waals surface area contributed by atoms with Crippen LogP contribution in [0.25, 0.3) is 11.1 Å². The highest BCUT2D eigenvalue weighted by molar-refractivity contribution is 7.89. The normalized spacial score (nSPS) is 18.7. The molecular formula is C25H23N3O4S. The summed E-state index contributed by atoms with van der Waals surface area (Å²) < 4.78 is 23.8. The molecule has 3 aromatic rings. The molecule has 7 nitrogen and oxygen atoms in total. The zero-order valence-electron chi connectivity index (χ0n) is 17.8. The molecule has 0 unspecified atom stereocenters. The van der Waals surface area contributed by atoms with E-state index in [1.54, 1.807) is 36.4 Å². The first-order chi connectivity index (χ1) is 15.8. The number of carbonyl (C=O) groups is 1. The molecule has 0 aliphatic carbocycles. The molecule has 3 N–H and O–H groups in total. The van der Waals surface area contributed by atoms with Crippen molar-refractivity contribution < 1.29 is 18.3 Å². The van der Waals surface area contributed by atoms with Crippen LogP contribution in [0.15, 0.2) is 77.7 Å². The van der Waals surface area contributed by atoms with Crippen molar-refractivity contribution in [3.05, 3.63) is 89.5 Å². The maximum atomic E-state index is 11.9. The summed E-state index contributed by atoms with van der Waals surface area (Å²) in [5.74, 6) is -1.60. The van der Waals surface area contributed by atoms with E-state index in [1.807, 2.05) is 30.3 Å². The largest absolute Gasteiger partial charge is 0.481 e. The lowest BCUT2D eigenvalue weighted by Crippen LogP contribution is -2.23. The van der Waals surface area contributed by atoms with Crippen molar-refractivity contribution >= 4 is 16.0 Å². The third kappa shape index (κ3) is 4.96. The molecule has 8 heteroatoms. The summed E-state index contributed by atoms with van der Waals surface area (Å²) in [6, 6.07) is 23.4. The van der Waals surface area contributed by atoms with Gasteiger partial charge in [-0.1, -0.05) is 54.6 Å². The van der Waals surface area contributed by atoms with E-state index in [0.29, 0.717) is 30.8 Å². The number of likely N-dealkylation sites (tertiary alicyclic amines) is 1. The Morgan fingerprint density at radius 1 is 1.06 bits per heavy atom. The Morgan fingerprint density at radius 3 is 2.45 bits per heavy atom. The molecule has 0 aromatic heterocycles. The molecule has 0 amide bonds.